The fraction of sp³-hybridized carbons (Fsp3) is 0. The predicted molar refractivity (Wildman–Crippen MR) is 77.3 cm³/mol. The number of halogens is 2. The van der Waals surface area contributed by atoms with Crippen LogP contribution < -0.4 is 16.6 Å². The summed E-state index contributed by atoms with van der Waals surface area (Å²) in [6.45, 7) is 0. The van der Waals surface area contributed by atoms with Crippen LogP contribution in [0, 0.1) is 3.57 Å². The van der Waals surface area contributed by atoms with E-state index in [0.717, 1.165) is 9.26 Å². The molecule has 0 saturated carbocycles. The molecule has 0 aliphatic carbocycles. The van der Waals surface area contributed by atoms with Gasteiger partial charge in [-0.3, -0.25) is 4.98 Å². The molecule has 0 aliphatic heterocycles. The van der Waals surface area contributed by atoms with Gasteiger partial charge in [0.2, 0.25) is 0 Å². The molecule has 1 heterocycles. The third-order valence-corrected chi connectivity index (χ3v) is 2.96. The number of nitrogen functional groups attached to an aromatic ring is 1. The molecule has 0 amide bonds. The van der Waals surface area contributed by atoms with Crippen LogP contribution in [0.4, 0.5) is 17.3 Å². The highest BCUT2D eigenvalue weighted by atomic mass is 127. The Hall–Kier alpha value is -1.12. The molecule has 2 rings (SSSR count). The molecule has 0 radical (unpaired) electrons. The predicted octanol–water partition coefficient (Wildman–Crippen LogP) is 2.76. The molecular weight excluding hydrogens is 353 g/mol. The smallest absolute Gasteiger partial charge is 0.160 e. The highest BCUT2D eigenvalue weighted by Crippen LogP contribution is 2.26. The number of nitrogens with two attached hydrogens (primary N) is 1. The third-order valence-electron chi connectivity index (χ3n) is 1.98. The van der Waals surface area contributed by atoms with Crippen molar-refractivity contribution in [3.8, 4) is 0 Å². The first-order chi connectivity index (χ1) is 8.19. The summed E-state index contributed by atoms with van der Waals surface area (Å²) in [7, 11) is 0. The molecule has 7 heteroatoms. The Labute approximate surface area is 117 Å². The van der Waals surface area contributed by atoms with E-state index in [1.807, 2.05) is 18.2 Å². The normalized spacial score (nSPS) is 10.1. The second-order valence-corrected chi connectivity index (χ2v) is 4.84. The lowest BCUT2D eigenvalue weighted by Crippen LogP contribution is -2.09. The molecule has 1 aromatic heterocycles. The molecule has 0 unspecified atom stereocenters. The van der Waals surface area contributed by atoms with Gasteiger partial charge >= 0.3 is 0 Å². The van der Waals surface area contributed by atoms with E-state index in [4.69, 9.17) is 17.4 Å². The maximum absolute atomic E-state index is 6.10. The maximum Gasteiger partial charge on any atom is 0.160 e. The van der Waals surface area contributed by atoms with Gasteiger partial charge in [-0.15, -0.1) is 0 Å². The van der Waals surface area contributed by atoms with E-state index in [9.17, 15) is 0 Å². The van der Waals surface area contributed by atoms with Crippen LogP contribution in [0.3, 0.4) is 0 Å². The zero-order valence-electron chi connectivity index (χ0n) is 8.61. The van der Waals surface area contributed by atoms with Gasteiger partial charge in [-0.25, -0.2) is 10.8 Å². The molecule has 0 saturated heterocycles. The van der Waals surface area contributed by atoms with Crippen molar-refractivity contribution >= 4 is 51.5 Å². The molecule has 5 nitrogen and oxygen atoms in total. The van der Waals surface area contributed by atoms with Crippen molar-refractivity contribution in [2.75, 3.05) is 10.7 Å². The van der Waals surface area contributed by atoms with Crippen molar-refractivity contribution < 1.29 is 0 Å². The van der Waals surface area contributed by atoms with Crippen molar-refractivity contribution in [1.29, 1.82) is 0 Å². The van der Waals surface area contributed by atoms with Crippen LogP contribution in [0.5, 0.6) is 0 Å². The Morgan fingerprint density at radius 3 is 2.71 bits per heavy atom. The highest BCUT2D eigenvalue weighted by molar-refractivity contribution is 14.1. The van der Waals surface area contributed by atoms with Gasteiger partial charge in [-0.2, -0.15) is 0 Å². The van der Waals surface area contributed by atoms with Gasteiger partial charge in [-0.05, 0) is 40.8 Å². The monoisotopic (exact) mass is 361 g/mol. The van der Waals surface area contributed by atoms with E-state index in [-0.39, 0.29) is 0 Å². The Kier molecular flexibility index (Phi) is 3.97. The summed E-state index contributed by atoms with van der Waals surface area (Å²) < 4.78 is 1.07. The number of nitrogens with zero attached hydrogens (tertiary/aromatic N) is 2. The summed E-state index contributed by atoms with van der Waals surface area (Å²) in [6, 6.07) is 5.70. The first-order valence-corrected chi connectivity index (χ1v) is 6.15. The zero-order valence-corrected chi connectivity index (χ0v) is 11.5. The van der Waals surface area contributed by atoms with Crippen LogP contribution in [0.2, 0.25) is 5.02 Å². The number of benzene rings is 1. The SMILES string of the molecule is NNc1cncc(Nc2ccc(I)cc2Cl)n1. The molecule has 0 bridgehead atoms. The molecule has 0 spiro atoms. The van der Waals surface area contributed by atoms with Crippen LogP contribution >= 0.6 is 34.2 Å². The molecule has 1 aromatic carbocycles. The van der Waals surface area contributed by atoms with E-state index >= 15 is 0 Å². The molecule has 17 heavy (non-hydrogen) atoms. The van der Waals surface area contributed by atoms with E-state index in [1.54, 1.807) is 6.20 Å². The molecule has 88 valence electrons. The molecule has 0 fully saturated rings. The first kappa shape index (κ1) is 12.3. The molecular formula is C10H9ClIN5. The Morgan fingerprint density at radius 2 is 2.00 bits per heavy atom. The highest BCUT2D eigenvalue weighted by Gasteiger charge is 2.03. The number of anilines is 3. The Balaban J connectivity index is 2.25. The summed E-state index contributed by atoms with van der Waals surface area (Å²) in [5.41, 5.74) is 3.20. The van der Waals surface area contributed by atoms with Crippen LogP contribution in [-0.2, 0) is 0 Å². The van der Waals surface area contributed by atoms with Crippen molar-refractivity contribution in [2.45, 2.75) is 0 Å². The molecule has 2 aromatic rings. The second kappa shape index (κ2) is 5.48. The van der Waals surface area contributed by atoms with E-state index < -0.39 is 0 Å². The number of rotatable bonds is 3. The maximum atomic E-state index is 6.10. The minimum atomic E-state index is 0.483. The zero-order chi connectivity index (χ0) is 12.3. The summed E-state index contributed by atoms with van der Waals surface area (Å²) in [5.74, 6) is 6.31. The van der Waals surface area contributed by atoms with Crippen molar-refractivity contribution in [2.24, 2.45) is 5.84 Å². The second-order valence-electron chi connectivity index (χ2n) is 3.18. The number of hydrogen-bond acceptors (Lipinski definition) is 5. The Bertz CT molecular complexity index is 534. The van der Waals surface area contributed by atoms with Crippen LogP contribution in [0.1, 0.15) is 0 Å². The van der Waals surface area contributed by atoms with Crippen molar-refractivity contribution in [3.05, 3.63) is 39.2 Å². The third kappa shape index (κ3) is 3.18. The van der Waals surface area contributed by atoms with E-state index in [0.29, 0.717) is 16.7 Å². The van der Waals surface area contributed by atoms with Crippen LogP contribution in [0.15, 0.2) is 30.6 Å². The minimum Gasteiger partial charge on any atom is -0.338 e. The van der Waals surface area contributed by atoms with Gasteiger partial charge in [0.05, 0.1) is 23.1 Å². The van der Waals surface area contributed by atoms with Crippen molar-refractivity contribution in [3.63, 3.8) is 0 Å². The lowest BCUT2D eigenvalue weighted by Gasteiger charge is -2.08. The fourth-order valence-electron chi connectivity index (χ4n) is 1.22. The molecule has 4 N–H and O–H groups in total. The van der Waals surface area contributed by atoms with Crippen LogP contribution in [0.25, 0.3) is 0 Å². The van der Waals surface area contributed by atoms with Gasteiger partial charge in [0.1, 0.15) is 0 Å². The Morgan fingerprint density at radius 1 is 1.24 bits per heavy atom. The average Bonchev–Trinajstić information content (AvgIpc) is 2.33. The summed E-state index contributed by atoms with van der Waals surface area (Å²) in [4.78, 5) is 8.17. The lowest BCUT2D eigenvalue weighted by atomic mass is 10.3. The quantitative estimate of drug-likeness (QED) is 0.445. The van der Waals surface area contributed by atoms with Gasteiger partial charge in [-0.1, -0.05) is 11.6 Å². The largest absolute Gasteiger partial charge is 0.338 e. The van der Waals surface area contributed by atoms with Crippen LogP contribution in [-0.4, -0.2) is 9.97 Å². The standard InChI is InChI=1S/C10H9ClIN5/c11-7-3-6(12)1-2-8(7)15-9-4-14-5-10(16-9)17-13/h1-5H,13H2,(H2,15,16,17). The van der Waals surface area contributed by atoms with E-state index in [2.05, 4.69) is 43.3 Å². The number of aromatic nitrogens is 2. The number of hydrogen-bond donors (Lipinski definition) is 3. The molecule has 0 atom stereocenters. The number of hydrazine groups is 1. The lowest BCUT2D eigenvalue weighted by molar-refractivity contribution is 1.16. The van der Waals surface area contributed by atoms with E-state index in [1.165, 1.54) is 6.20 Å². The van der Waals surface area contributed by atoms with Gasteiger partial charge in [0.15, 0.2) is 11.6 Å². The first-order valence-electron chi connectivity index (χ1n) is 4.70. The number of nitrogens with one attached hydrogen (secondary N) is 2. The molecule has 0 aliphatic rings. The van der Waals surface area contributed by atoms with Crippen molar-refractivity contribution in [1.82, 2.24) is 9.97 Å². The summed E-state index contributed by atoms with van der Waals surface area (Å²) >= 11 is 8.30. The summed E-state index contributed by atoms with van der Waals surface area (Å²) in [6.07, 6.45) is 3.12. The van der Waals surface area contributed by atoms with Gasteiger partial charge in [0, 0.05) is 3.57 Å². The summed E-state index contributed by atoms with van der Waals surface area (Å²) in [5, 5.41) is 3.70. The minimum absolute atomic E-state index is 0.483. The fourth-order valence-corrected chi connectivity index (χ4v) is 2.13. The topological polar surface area (TPSA) is 75.9 Å². The van der Waals surface area contributed by atoms with Gasteiger partial charge in [0.25, 0.3) is 0 Å². The average molecular weight is 362 g/mol. The van der Waals surface area contributed by atoms with Gasteiger partial charge < -0.3 is 10.7 Å².